The highest BCUT2D eigenvalue weighted by Gasteiger charge is 2.42. The van der Waals surface area contributed by atoms with Crippen molar-refractivity contribution < 1.29 is 18.5 Å². The van der Waals surface area contributed by atoms with Crippen molar-refractivity contribution in [2.45, 2.75) is 38.9 Å². The van der Waals surface area contributed by atoms with Crippen LogP contribution >= 0.6 is 0 Å². The predicted octanol–water partition coefficient (Wildman–Crippen LogP) is 2.27. The number of nitrogens with zero attached hydrogens (tertiary/aromatic N) is 3. The molecule has 7 nitrogen and oxygen atoms in total. The van der Waals surface area contributed by atoms with Gasteiger partial charge in [0.05, 0.1) is 17.9 Å². The molecule has 2 aliphatic heterocycles. The number of piperidine rings is 1. The predicted molar refractivity (Wildman–Crippen MR) is 78.7 cm³/mol. The van der Waals surface area contributed by atoms with E-state index < -0.39 is 0 Å². The van der Waals surface area contributed by atoms with E-state index in [0.717, 1.165) is 19.4 Å². The maximum Gasteiger partial charge on any atom is 0.257 e. The Morgan fingerprint density at radius 2 is 2.26 bits per heavy atom. The topological polar surface area (TPSA) is 81.6 Å². The Morgan fingerprint density at radius 3 is 2.96 bits per heavy atom. The number of likely N-dealkylation sites (tertiary alicyclic amines) is 1. The first-order chi connectivity index (χ1) is 11.1. The molecule has 2 aromatic rings. The first kappa shape index (κ1) is 14.4. The Morgan fingerprint density at radius 1 is 1.39 bits per heavy atom. The molecule has 0 aliphatic carbocycles. The molecule has 2 aromatic heterocycles. The molecule has 0 bridgehead atoms. The molecular formula is C16H19N3O4. The summed E-state index contributed by atoms with van der Waals surface area (Å²) in [5, 5.41) is 3.82. The molecule has 2 aliphatic rings. The van der Waals surface area contributed by atoms with Crippen LogP contribution in [-0.4, -0.2) is 40.1 Å². The Bertz CT molecular complexity index is 722. The lowest BCUT2D eigenvalue weighted by molar-refractivity contribution is -0.0137. The fraction of sp³-hybridized carbons (Fsp3) is 0.562. The summed E-state index contributed by atoms with van der Waals surface area (Å²) in [5.41, 5.74) is 0.630. The first-order valence-corrected chi connectivity index (χ1v) is 7.91. The van der Waals surface area contributed by atoms with Crippen LogP contribution < -0.4 is 0 Å². The lowest BCUT2D eigenvalue weighted by Gasteiger charge is -2.33. The maximum absolute atomic E-state index is 12.6. The minimum atomic E-state index is -0.156. The summed E-state index contributed by atoms with van der Waals surface area (Å²) < 4.78 is 16.5. The van der Waals surface area contributed by atoms with Crippen LogP contribution in [0, 0.1) is 19.8 Å². The number of aromatic nitrogens is 2. The third-order valence-electron chi connectivity index (χ3n) is 4.75. The molecule has 2 fully saturated rings. The lowest BCUT2D eigenvalue weighted by atomic mass is 9.91. The van der Waals surface area contributed by atoms with Crippen molar-refractivity contribution in [1.29, 1.82) is 0 Å². The van der Waals surface area contributed by atoms with Gasteiger partial charge in [-0.1, -0.05) is 5.16 Å². The van der Waals surface area contributed by atoms with Crippen molar-refractivity contribution in [3.05, 3.63) is 35.4 Å². The van der Waals surface area contributed by atoms with Gasteiger partial charge in [0.15, 0.2) is 5.82 Å². The van der Waals surface area contributed by atoms with Crippen molar-refractivity contribution >= 4 is 5.91 Å². The maximum atomic E-state index is 12.6. The zero-order valence-corrected chi connectivity index (χ0v) is 13.2. The molecule has 1 amide bonds. The largest absolute Gasteiger partial charge is 0.469 e. The minimum Gasteiger partial charge on any atom is -0.469 e. The van der Waals surface area contributed by atoms with Gasteiger partial charge in [-0.3, -0.25) is 4.79 Å². The monoisotopic (exact) mass is 317 g/mol. The number of carbonyl (C=O) groups excluding carboxylic acids is 1. The SMILES string of the molecule is Cc1noc([C@@H]2C[C@H]3CCN(C(=O)c4ccoc4C)C[C@@H]3O2)n1. The van der Waals surface area contributed by atoms with Crippen LogP contribution in [0.2, 0.25) is 0 Å². The molecule has 0 unspecified atom stereocenters. The van der Waals surface area contributed by atoms with Crippen LogP contribution in [0.15, 0.2) is 21.3 Å². The molecule has 23 heavy (non-hydrogen) atoms. The van der Waals surface area contributed by atoms with Crippen LogP contribution in [0.1, 0.15) is 46.8 Å². The van der Waals surface area contributed by atoms with Crippen LogP contribution in [0.4, 0.5) is 0 Å². The summed E-state index contributed by atoms with van der Waals surface area (Å²) in [4.78, 5) is 18.7. The van der Waals surface area contributed by atoms with E-state index in [-0.39, 0.29) is 18.1 Å². The van der Waals surface area contributed by atoms with Crippen molar-refractivity contribution in [2.75, 3.05) is 13.1 Å². The molecule has 7 heteroatoms. The van der Waals surface area contributed by atoms with Gasteiger partial charge in [0.25, 0.3) is 11.8 Å². The van der Waals surface area contributed by atoms with E-state index in [0.29, 0.717) is 35.5 Å². The number of hydrogen-bond donors (Lipinski definition) is 0. The summed E-state index contributed by atoms with van der Waals surface area (Å²) in [6.45, 7) is 4.93. The van der Waals surface area contributed by atoms with E-state index in [1.807, 2.05) is 4.90 Å². The standard InChI is InChI=1S/C16H19N3O4/c1-9-12(4-6-21-9)16(20)19-5-3-11-7-13(22-14(11)8-19)15-17-10(2)18-23-15/h4,6,11,13-14H,3,5,7-8H2,1-2H3/t11-,13+,14+/m1/s1. The molecule has 4 rings (SSSR count). The van der Waals surface area contributed by atoms with E-state index in [1.54, 1.807) is 26.2 Å². The van der Waals surface area contributed by atoms with Crippen molar-refractivity contribution in [2.24, 2.45) is 5.92 Å². The van der Waals surface area contributed by atoms with Crippen molar-refractivity contribution in [3.8, 4) is 0 Å². The Hall–Kier alpha value is -2.15. The highest BCUT2D eigenvalue weighted by molar-refractivity contribution is 5.95. The summed E-state index contributed by atoms with van der Waals surface area (Å²) in [5.74, 6) is 2.26. The van der Waals surface area contributed by atoms with Crippen LogP contribution in [0.5, 0.6) is 0 Å². The highest BCUT2D eigenvalue weighted by atomic mass is 16.5. The number of aryl methyl sites for hydroxylation is 2. The number of amides is 1. The van der Waals surface area contributed by atoms with Crippen molar-refractivity contribution in [1.82, 2.24) is 15.0 Å². The van der Waals surface area contributed by atoms with Gasteiger partial charge in [0.2, 0.25) is 0 Å². The smallest absolute Gasteiger partial charge is 0.257 e. The second-order valence-electron chi connectivity index (χ2n) is 6.27. The molecule has 0 N–H and O–H groups in total. The number of rotatable bonds is 2. The van der Waals surface area contributed by atoms with Crippen LogP contribution in [0.25, 0.3) is 0 Å². The van der Waals surface area contributed by atoms with E-state index in [9.17, 15) is 4.79 Å². The Labute approximate surface area is 133 Å². The van der Waals surface area contributed by atoms with E-state index in [4.69, 9.17) is 13.7 Å². The number of hydrogen-bond acceptors (Lipinski definition) is 6. The van der Waals surface area contributed by atoms with Gasteiger partial charge >= 0.3 is 0 Å². The fourth-order valence-electron chi connectivity index (χ4n) is 3.49. The van der Waals surface area contributed by atoms with Gasteiger partial charge in [0, 0.05) is 13.1 Å². The van der Waals surface area contributed by atoms with Gasteiger partial charge < -0.3 is 18.6 Å². The number of ether oxygens (including phenoxy) is 1. The third kappa shape index (κ3) is 2.55. The second kappa shape index (κ2) is 5.49. The summed E-state index contributed by atoms with van der Waals surface area (Å²) >= 11 is 0. The highest BCUT2D eigenvalue weighted by Crippen LogP contribution is 2.40. The molecule has 3 atom stereocenters. The number of carbonyl (C=O) groups is 1. The Balaban J connectivity index is 1.45. The zero-order chi connectivity index (χ0) is 16.0. The number of furan rings is 1. The summed E-state index contributed by atoms with van der Waals surface area (Å²) in [6, 6.07) is 1.73. The van der Waals surface area contributed by atoms with Gasteiger partial charge in [-0.2, -0.15) is 4.98 Å². The molecule has 0 spiro atoms. The molecular weight excluding hydrogens is 298 g/mol. The van der Waals surface area contributed by atoms with Crippen LogP contribution in [-0.2, 0) is 4.74 Å². The van der Waals surface area contributed by atoms with E-state index in [1.165, 1.54) is 0 Å². The van der Waals surface area contributed by atoms with Gasteiger partial charge in [-0.05, 0) is 38.7 Å². The molecule has 122 valence electrons. The van der Waals surface area contributed by atoms with Gasteiger partial charge in [-0.15, -0.1) is 0 Å². The molecule has 0 aromatic carbocycles. The minimum absolute atomic E-state index is 0.00962. The second-order valence-corrected chi connectivity index (χ2v) is 6.27. The summed E-state index contributed by atoms with van der Waals surface area (Å²) in [7, 11) is 0. The third-order valence-corrected chi connectivity index (χ3v) is 4.75. The molecule has 0 saturated carbocycles. The normalized spacial score (nSPS) is 27.2. The molecule has 2 saturated heterocycles. The quantitative estimate of drug-likeness (QED) is 0.845. The van der Waals surface area contributed by atoms with Crippen LogP contribution in [0.3, 0.4) is 0 Å². The van der Waals surface area contributed by atoms with Crippen molar-refractivity contribution in [3.63, 3.8) is 0 Å². The fourth-order valence-corrected chi connectivity index (χ4v) is 3.49. The summed E-state index contributed by atoms with van der Waals surface area (Å²) in [6.07, 6.45) is 3.22. The lowest BCUT2D eigenvalue weighted by Crippen LogP contribution is -2.45. The molecule has 0 radical (unpaired) electrons. The average Bonchev–Trinajstić information content (AvgIpc) is 3.24. The first-order valence-electron chi connectivity index (χ1n) is 7.91. The van der Waals surface area contributed by atoms with E-state index >= 15 is 0 Å². The molecule has 4 heterocycles. The van der Waals surface area contributed by atoms with Gasteiger partial charge in [0.1, 0.15) is 11.9 Å². The van der Waals surface area contributed by atoms with Gasteiger partial charge in [-0.25, -0.2) is 0 Å². The Kier molecular flexibility index (Phi) is 3.45. The van der Waals surface area contributed by atoms with E-state index in [2.05, 4.69) is 10.1 Å². The average molecular weight is 317 g/mol. The zero-order valence-electron chi connectivity index (χ0n) is 13.2. The number of fused-ring (bicyclic) bond motifs is 1.